The molecule has 0 amide bonds. The average Bonchev–Trinajstić information content (AvgIpc) is 3.56. The lowest BCUT2D eigenvalue weighted by Gasteiger charge is -2.21. The van der Waals surface area contributed by atoms with Crippen LogP contribution in [0, 0.1) is 23.7 Å². The van der Waals surface area contributed by atoms with Gasteiger partial charge in [-0.3, -0.25) is 37.3 Å². The van der Waals surface area contributed by atoms with Gasteiger partial charge in [0.25, 0.3) is 0 Å². The average molecular weight is 1340 g/mol. The van der Waals surface area contributed by atoms with Crippen LogP contribution in [0.15, 0.2) is 0 Å². The summed E-state index contributed by atoms with van der Waals surface area (Å²) >= 11 is 0. The summed E-state index contributed by atoms with van der Waals surface area (Å²) in [7, 11) is -9.90. The lowest BCUT2D eigenvalue weighted by molar-refractivity contribution is -0.161. The Bertz CT molecular complexity index is 1800. The summed E-state index contributed by atoms with van der Waals surface area (Å²) in [6.07, 6.45) is 44.5. The first-order valence-electron chi connectivity index (χ1n) is 37.2. The molecule has 91 heavy (non-hydrogen) atoms. The molecule has 3 N–H and O–H groups in total. The number of phosphoric ester groups is 2. The maximum absolute atomic E-state index is 13.0. The van der Waals surface area contributed by atoms with Crippen molar-refractivity contribution in [2.24, 2.45) is 23.7 Å². The van der Waals surface area contributed by atoms with Crippen LogP contribution in [-0.2, 0) is 65.4 Å². The van der Waals surface area contributed by atoms with E-state index in [1.165, 1.54) is 161 Å². The Balaban J connectivity index is 5.23. The van der Waals surface area contributed by atoms with Gasteiger partial charge in [0, 0.05) is 25.7 Å². The fourth-order valence-corrected chi connectivity index (χ4v) is 12.4. The molecule has 6 atom stereocenters. The van der Waals surface area contributed by atoms with E-state index in [0.717, 1.165) is 108 Å². The summed E-state index contributed by atoms with van der Waals surface area (Å²) in [5.74, 6) is 0.883. The van der Waals surface area contributed by atoms with Crippen LogP contribution in [0.4, 0.5) is 0 Å². The number of hydrogen-bond donors (Lipinski definition) is 3. The highest BCUT2D eigenvalue weighted by atomic mass is 31.2. The van der Waals surface area contributed by atoms with Crippen molar-refractivity contribution in [3.8, 4) is 0 Å². The molecule has 0 aromatic carbocycles. The van der Waals surface area contributed by atoms with Gasteiger partial charge in [0.1, 0.15) is 19.3 Å². The molecule has 0 aliphatic rings. The van der Waals surface area contributed by atoms with Crippen molar-refractivity contribution in [3.05, 3.63) is 0 Å². The van der Waals surface area contributed by atoms with E-state index < -0.39 is 97.5 Å². The van der Waals surface area contributed by atoms with E-state index in [2.05, 4.69) is 55.4 Å². The molecule has 0 spiro atoms. The van der Waals surface area contributed by atoms with Crippen molar-refractivity contribution in [1.29, 1.82) is 0 Å². The van der Waals surface area contributed by atoms with Gasteiger partial charge in [-0.2, -0.15) is 0 Å². The van der Waals surface area contributed by atoms with Crippen LogP contribution in [0.1, 0.15) is 357 Å². The third-order valence-corrected chi connectivity index (χ3v) is 18.8. The van der Waals surface area contributed by atoms with Gasteiger partial charge in [-0.25, -0.2) is 9.13 Å². The summed E-state index contributed by atoms with van der Waals surface area (Å²) in [6.45, 7) is 14.1. The molecule has 0 bridgehead atoms. The van der Waals surface area contributed by atoms with Crippen molar-refractivity contribution < 1.29 is 80.2 Å². The molecule has 0 radical (unpaired) electrons. The Labute approximate surface area is 556 Å². The highest BCUT2D eigenvalue weighted by Gasteiger charge is 2.30. The second-order valence-corrected chi connectivity index (χ2v) is 30.6. The second kappa shape index (κ2) is 61.6. The lowest BCUT2D eigenvalue weighted by Crippen LogP contribution is -2.30. The Hall–Kier alpha value is -1.94. The zero-order valence-electron chi connectivity index (χ0n) is 59.5. The molecule has 0 saturated heterocycles. The monoisotopic (exact) mass is 1340 g/mol. The zero-order chi connectivity index (χ0) is 67.5. The van der Waals surface area contributed by atoms with Crippen molar-refractivity contribution in [2.75, 3.05) is 39.6 Å². The molecule has 0 rings (SSSR count). The van der Waals surface area contributed by atoms with Crippen LogP contribution < -0.4 is 0 Å². The van der Waals surface area contributed by atoms with Gasteiger partial charge in [-0.15, -0.1) is 0 Å². The third-order valence-electron chi connectivity index (χ3n) is 16.9. The zero-order valence-corrected chi connectivity index (χ0v) is 61.3. The van der Waals surface area contributed by atoms with Crippen LogP contribution in [0.3, 0.4) is 0 Å². The van der Waals surface area contributed by atoms with Crippen molar-refractivity contribution in [2.45, 2.75) is 375 Å². The molecule has 540 valence electrons. The molecule has 0 fully saturated rings. The third kappa shape index (κ3) is 65.1. The smallest absolute Gasteiger partial charge is 0.462 e. The second-order valence-electron chi connectivity index (χ2n) is 27.6. The van der Waals surface area contributed by atoms with Gasteiger partial charge >= 0.3 is 39.5 Å². The Kier molecular flexibility index (Phi) is 60.3. The quantitative estimate of drug-likeness (QED) is 0.0222. The fraction of sp³-hybridized carbons (Fsp3) is 0.944. The molecule has 0 aromatic heterocycles. The Morgan fingerprint density at radius 3 is 0.780 bits per heavy atom. The molecule has 19 heteroatoms. The molecular weight excluding hydrogens is 1200 g/mol. The maximum atomic E-state index is 13.0. The number of aliphatic hydroxyl groups excluding tert-OH is 1. The number of esters is 4. The minimum atomic E-state index is -4.95. The number of ether oxygens (including phenoxy) is 4. The Morgan fingerprint density at radius 2 is 0.527 bits per heavy atom. The van der Waals surface area contributed by atoms with Crippen molar-refractivity contribution in [1.82, 2.24) is 0 Å². The van der Waals surface area contributed by atoms with E-state index in [1.807, 2.05) is 0 Å². The van der Waals surface area contributed by atoms with Crippen LogP contribution in [0.2, 0.25) is 0 Å². The molecule has 0 aliphatic heterocycles. The molecule has 0 aromatic rings. The number of carbonyl (C=O) groups is 4. The van der Waals surface area contributed by atoms with Crippen LogP contribution in [-0.4, -0.2) is 96.7 Å². The molecule has 0 saturated carbocycles. The summed E-state index contributed by atoms with van der Waals surface area (Å²) < 4.78 is 68.3. The maximum Gasteiger partial charge on any atom is 0.472 e. The van der Waals surface area contributed by atoms with Gasteiger partial charge in [0.2, 0.25) is 0 Å². The summed E-state index contributed by atoms with van der Waals surface area (Å²) in [5.41, 5.74) is 0. The van der Waals surface area contributed by atoms with Gasteiger partial charge in [-0.05, 0) is 49.4 Å². The van der Waals surface area contributed by atoms with E-state index in [9.17, 15) is 43.2 Å². The summed E-state index contributed by atoms with van der Waals surface area (Å²) in [5, 5.41) is 10.6. The van der Waals surface area contributed by atoms with Crippen molar-refractivity contribution in [3.63, 3.8) is 0 Å². The number of carbonyl (C=O) groups excluding carboxylic acids is 4. The molecule has 17 nitrogen and oxygen atoms in total. The lowest BCUT2D eigenvalue weighted by atomic mass is 9.99. The molecule has 0 aliphatic carbocycles. The number of rotatable bonds is 69. The van der Waals surface area contributed by atoms with E-state index in [4.69, 9.17) is 37.0 Å². The van der Waals surface area contributed by atoms with Crippen LogP contribution in [0.25, 0.3) is 0 Å². The summed E-state index contributed by atoms with van der Waals surface area (Å²) in [4.78, 5) is 72.6. The van der Waals surface area contributed by atoms with E-state index >= 15 is 0 Å². The van der Waals surface area contributed by atoms with E-state index in [-0.39, 0.29) is 25.7 Å². The topological polar surface area (TPSA) is 237 Å². The Morgan fingerprint density at radius 1 is 0.308 bits per heavy atom. The molecular formula is C72H140O17P2. The standard InChI is InChI=1S/C72H140O17P2/c1-9-65(8)51-43-35-27-18-14-12-10-11-13-15-19-30-38-46-54-71(76)88-67(58-82-69(74)52-44-36-28-20-16-17-24-32-40-48-62(2)3)60-86-90(78,79)84-56-66(73)57-85-91(80,81)87-61-68(89-72(77)55-47-39-31-23-26-34-42-50-64(6)7)59-83-70(75)53-45-37-29-22-21-25-33-41-49-63(4)5/h62-68,73H,9-61H2,1-8H3,(H,78,79)(H,80,81)/t65?,66?,67-,68-/m1/s1. The minimum absolute atomic E-state index is 0.102. The van der Waals surface area contributed by atoms with Gasteiger partial charge in [0.05, 0.1) is 26.4 Å². The first kappa shape index (κ1) is 89.1. The van der Waals surface area contributed by atoms with Crippen LogP contribution >= 0.6 is 15.6 Å². The number of unbranched alkanes of at least 4 members (excludes halogenated alkanes) is 34. The van der Waals surface area contributed by atoms with Crippen molar-refractivity contribution >= 4 is 39.5 Å². The predicted molar refractivity (Wildman–Crippen MR) is 367 cm³/mol. The van der Waals surface area contributed by atoms with Gasteiger partial charge < -0.3 is 33.8 Å². The first-order chi connectivity index (χ1) is 43.6. The number of hydrogen-bond acceptors (Lipinski definition) is 15. The number of phosphoric acid groups is 2. The SMILES string of the molecule is CCC(C)CCCCCCCCCCCCCCCCC(=O)O[C@H](COC(=O)CCCCCCCCCCCC(C)C)COP(=O)(O)OCC(O)COP(=O)(O)OC[C@@H](COC(=O)CCCCCCCCCCC(C)C)OC(=O)CCCCCCCCCC(C)C. The van der Waals surface area contributed by atoms with Gasteiger partial charge in [-0.1, -0.05) is 306 Å². The largest absolute Gasteiger partial charge is 0.472 e. The molecule has 4 unspecified atom stereocenters. The van der Waals surface area contributed by atoms with Crippen LogP contribution in [0.5, 0.6) is 0 Å². The fourth-order valence-electron chi connectivity index (χ4n) is 10.8. The van der Waals surface area contributed by atoms with E-state index in [1.54, 1.807) is 0 Å². The highest BCUT2D eigenvalue weighted by molar-refractivity contribution is 7.47. The highest BCUT2D eigenvalue weighted by Crippen LogP contribution is 2.45. The van der Waals surface area contributed by atoms with Gasteiger partial charge in [0.15, 0.2) is 12.2 Å². The number of aliphatic hydroxyl groups is 1. The minimum Gasteiger partial charge on any atom is -0.462 e. The predicted octanol–water partition coefficient (Wildman–Crippen LogP) is 20.5. The summed E-state index contributed by atoms with van der Waals surface area (Å²) in [6, 6.07) is 0. The molecule has 0 heterocycles. The van der Waals surface area contributed by atoms with E-state index in [0.29, 0.717) is 31.6 Å². The first-order valence-corrected chi connectivity index (χ1v) is 40.2. The normalized spacial score (nSPS) is 14.5.